The van der Waals surface area contributed by atoms with Crippen molar-refractivity contribution in [3.05, 3.63) is 54.0 Å². The van der Waals surface area contributed by atoms with Gasteiger partial charge in [-0.2, -0.15) is 0 Å². The zero-order valence-electron chi connectivity index (χ0n) is 8.52. The molecule has 3 nitrogen and oxygen atoms in total. The zero-order chi connectivity index (χ0) is 11.4. The molecule has 82 valence electrons. The highest BCUT2D eigenvalue weighted by Gasteiger charge is 2.01. The summed E-state index contributed by atoms with van der Waals surface area (Å²) in [6.45, 7) is 0.466. The molecule has 16 heavy (non-hydrogen) atoms. The van der Waals surface area contributed by atoms with Crippen LogP contribution in [-0.2, 0) is 6.54 Å². The van der Waals surface area contributed by atoms with Crippen LogP contribution in [0.4, 0.5) is 10.2 Å². The van der Waals surface area contributed by atoms with Gasteiger partial charge in [0.25, 0.3) is 0 Å². The van der Waals surface area contributed by atoms with E-state index in [4.69, 9.17) is 5.11 Å². The van der Waals surface area contributed by atoms with Crippen LogP contribution >= 0.6 is 0 Å². The lowest BCUT2D eigenvalue weighted by atomic mass is 10.2. The highest BCUT2D eigenvalue weighted by molar-refractivity contribution is 5.37. The Kier molecular flexibility index (Phi) is 3.00. The van der Waals surface area contributed by atoms with Gasteiger partial charge in [0, 0.05) is 12.7 Å². The summed E-state index contributed by atoms with van der Waals surface area (Å²) < 4.78 is 13.2. The van der Waals surface area contributed by atoms with Crippen LogP contribution in [-0.4, -0.2) is 10.1 Å². The Morgan fingerprint density at radius 2 is 1.94 bits per heavy atom. The SMILES string of the molecule is Oc1ccc(CNc2ncccc2F)cc1. The number of pyridine rings is 1. The second-order valence-corrected chi connectivity index (χ2v) is 3.35. The Morgan fingerprint density at radius 3 is 2.62 bits per heavy atom. The Balaban J connectivity index is 2.02. The summed E-state index contributed by atoms with van der Waals surface area (Å²) in [5.41, 5.74) is 0.947. The molecule has 0 saturated heterocycles. The van der Waals surface area contributed by atoms with E-state index in [0.717, 1.165) is 5.56 Å². The summed E-state index contributed by atoms with van der Waals surface area (Å²) in [5.74, 6) is 0.0737. The number of phenols is 1. The summed E-state index contributed by atoms with van der Waals surface area (Å²) in [4.78, 5) is 3.88. The Labute approximate surface area is 92.6 Å². The van der Waals surface area contributed by atoms with E-state index in [-0.39, 0.29) is 17.4 Å². The van der Waals surface area contributed by atoms with E-state index in [1.807, 2.05) is 0 Å². The molecule has 2 aromatic rings. The predicted molar refractivity (Wildman–Crippen MR) is 59.6 cm³/mol. The van der Waals surface area contributed by atoms with Gasteiger partial charge in [0.05, 0.1) is 0 Å². The fourth-order valence-electron chi connectivity index (χ4n) is 1.32. The maximum atomic E-state index is 13.2. The smallest absolute Gasteiger partial charge is 0.165 e. The van der Waals surface area contributed by atoms with Gasteiger partial charge in [-0.15, -0.1) is 0 Å². The molecule has 0 amide bonds. The number of rotatable bonds is 3. The van der Waals surface area contributed by atoms with Gasteiger partial charge in [-0.3, -0.25) is 0 Å². The Hall–Kier alpha value is -2.10. The van der Waals surface area contributed by atoms with Crippen LogP contribution in [0.2, 0.25) is 0 Å². The second kappa shape index (κ2) is 4.61. The van der Waals surface area contributed by atoms with E-state index >= 15 is 0 Å². The molecule has 4 heteroatoms. The van der Waals surface area contributed by atoms with Crippen molar-refractivity contribution >= 4 is 5.82 Å². The molecule has 0 spiro atoms. The molecule has 0 radical (unpaired) electrons. The van der Waals surface area contributed by atoms with Gasteiger partial charge in [0.1, 0.15) is 5.75 Å². The first kappa shape index (κ1) is 10.4. The first-order chi connectivity index (χ1) is 7.75. The number of aromatic hydroxyl groups is 1. The number of halogens is 1. The average molecular weight is 218 g/mol. The van der Waals surface area contributed by atoms with Gasteiger partial charge >= 0.3 is 0 Å². The van der Waals surface area contributed by atoms with E-state index in [2.05, 4.69) is 10.3 Å². The van der Waals surface area contributed by atoms with E-state index in [1.54, 1.807) is 30.3 Å². The molecule has 0 aliphatic carbocycles. The fourth-order valence-corrected chi connectivity index (χ4v) is 1.32. The normalized spacial score (nSPS) is 10.1. The highest BCUT2D eigenvalue weighted by atomic mass is 19.1. The monoisotopic (exact) mass is 218 g/mol. The summed E-state index contributed by atoms with van der Waals surface area (Å²) in [6.07, 6.45) is 1.53. The van der Waals surface area contributed by atoms with Crippen LogP contribution in [0.1, 0.15) is 5.56 Å². The van der Waals surface area contributed by atoms with Gasteiger partial charge < -0.3 is 10.4 Å². The largest absolute Gasteiger partial charge is 0.508 e. The molecule has 2 rings (SSSR count). The second-order valence-electron chi connectivity index (χ2n) is 3.35. The van der Waals surface area contributed by atoms with E-state index < -0.39 is 0 Å². The number of aromatic nitrogens is 1. The predicted octanol–water partition coefficient (Wildman–Crippen LogP) is 2.54. The maximum Gasteiger partial charge on any atom is 0.165 e. The minimum absolute atomic E-state index is 0.216. The van der Waals surface area contributed by atoms with Crippen molar-refractivity contribution in [3.63, 3.8) is 0 Å². The first-order valence-corrected chi connectivity index (χ1v) is 4.88. The van der Waals surface area contributed by atoms with E-state index in [1.165, 1.54) is 12.3 Å². The van der Waals surface area contributed by atoms with E-state index in [0.29, 0.717) is 6.54 Å². The topological polar surface area (TPSA) is 45.1 Å². The van der Waals surface area contributed by atoms with Crippen LogP contribution in [0.25, 0.3) is 0 Å². The van der Waals surface area contributed by atoms with Gasteiger partial charge in [-0.05, 0) is 29.8 Å². The van der Waals surface area contributed by atoms with Crippen molar-refractivity contribution in [2.45, 2.75) is 6.54 Å². The van der Waals surface area contributed by atoms with E-state index in [9.17, 15) is 4.39 Å². The lowest BCUT2D eigenvalue weighted by Crippen LogP contribution is -2.02. The minimum Gasteiger partial charge on any atom is -0.508 e. The molecule has 0 saturated carbocycles. The third-order valence-electron chi connectivity index (χ3n) is 2.15. The average Bonchev–Trinajstić information content (AvgIpc) is 2.30. The molecule has 1 aromatic carbocycles. The maximum absolute atomic E-state index is 13.2. The third kappa shape index (κ3) is 2.48. The van der Waals surface area contributed by atoms with Crippen molar-refractivity contribution in [1.29, 1.82) is 0 Å². The molecule has 0 bridgehead atoms. The standard InChI is InChI=1S/C12H11FN2O/c13-11-2-1-7-14-12(11)15-8-9-3-5-10(16)6-4-9/h1-7,16H,8H2,(H,14,15). The molecule has 0 aliphatic rings. The van der Waals surface area contributed by atoms with Crippen molar-refractivity contribution in [2.75, 3.05) is 5.32 Å². The highest BCUT2D eigenvalue weighted by Crippen LogP contribution is 2.13. The molecular weight excluding hydrogens is 207 g/mol. The molecule has 1 heterocycles. The zero-order valence-corrected chi connectivity index (χ0v) is 8.52. The van der Waals surface area contributed by atoms with Crippen molar-refractivity contribution in [2.24, 2.45) is 0 Å². The Bertz CT molecular complexity index is 471. The first-order valence-electron chi connectivity index (χ1n) is 4.88. The number of benzene rings is 1. The van der Waals surface area contributed by atoms with Gasteiger partial charge in [-0.1, -0.05) is 12.1 Å². The molecule has 2 N–H and O–H groups in total. The molecular formula is C12H11FN2O. The van der Waals surface area contributed by atoms with Crippen LogP contribution in [0.15, 0.2) is 42.6 Å². The molecule has 0 atom stereocenters. The number of hydrogen-bond donors (Lipinski definition) is 2. The molecule has 0 unspecified atom stereocenters. The lowest BCUT2D eigenvalue weighted by molar-refractivity contribution is 0.475. The summed E-state index contributed by atoms with van der Waals surface area (Å²) in [5, 5.41) is 12.0. The van der Waals surface area contributed by atoms with Crippen LogP contribution < -0.4 is 5.32 Å². The minimum atomic E-state index is -0.374. The fraction of sp³-hybridized carbons (Fsp3) is 0.0833. The summed E-state index contributed by atoms with van der Waals surface area (Å²) >= 11 is 0. The van der Waals surface area contributed by atoms with Crippen LogP contribution in [0.5, 0.6) is 5.75 Å². The number of phenolic OH excluding ortho intramolecular Hbond substituents is 1. The van der Waals surface area contributed by atoms with Crippen LogP contribution in [0.3, 0.4) is 0 Å². The van der Waals surface area contributed by atoms with Crippen LogP contribution in [0, 0.1) is 5.82 Å². The summed E-state index contributed by atoms with van der Waals surface area (Å²) in [6, 6.07) is 9.61. The Morgan fingerprint density at radius 1 is 1.19 bits per heavy atom. The number of nitrogens with zero attached hydrogens (tertiary/aromatic N) is 1. The number of hydrogen-bond acceptors (Lipinski definition) is 3. The molecule has 1 aromatic heterocycles. The molecule has 0 fully saturated rings. The third-order valence-corrected chi connectivity index (χ3v) is 2.15. The van der Waals surface area contributed by atoms with Crippen molar-refractivity contribution in [1.82, 2.24) is 4.98 Å². The lowest BCUT2D eigenvalue weighted by Gasteiger charge is -2.06. The number of anilines is 1. The summed E-state index contributed by atoms with van der Waals surface area (Å²) in [7, 11) is 0. The van der Waals surface area contributed by atoms with Crippen molar-refractivity contribution < 1.29 is 9.50 Å². The quantitative estimate of drug-likeness (QED) is 0.832. The van der Waals surface area contributed by atoms with Gasteiger partial charge in [-0.25, -0.2) is 9.37 Å². The number of nitrogens with one attached hydrogen (secondary N) is 1. The molecule has 0 aliphatic heterocycles. The van der Waals surface area contributed by atoms with Gasteiger partial charge in [0.2, 0.25) is 0 Å². The van der Waals surface area contributed by atoms with Crippen molar-refractivity contribution in [3.8, 4) is 5.75 Å². The van der Waals surface area contributed by atoms with Gasteiger partial charge in [0.15, 0.2) is 11.6 Å².